The molecule has 1 saturated heterocycles. The van der Waals surface area contributed by atoms with Crippen molar-refractivity contribution >= 4 is 21.7 Å². The minimum Gasteiger partial charge on any atom is -0.370 e. The normalized spacial score (nSPS) is 15.9. The number of nitrogens with one attached hydrogen (secondary N) is 1. The minimum atomic E-state index is -3.71. The smallest absolute Gasteiger partial charge is 0.248 e. The topological polar surface area (TPSA) is 92.8 Å². The van der Waals surface area contributed by atoms with E-state index in [9.17, 15) is 18.0 Å². The van der Waals surface area contributed by atoms with Crippen LogP contribution in [0.5, 0.6) is 0 Å². The molecular weight excluding hydrogens is 308 g/mol. The lowest BCUT2D eigenvalue weighted by molar-refractivity contribution is -0.142. The molecule has 8 heteroatoms. The van der Waals surface area contributed by atoms with Crippen LogP contribution in [0.4, 0.5) is 0 Å². The highest BCUT2D eigenvalue weighted by atomic mass is 32.2. The Morgan fingerprint density at radius 1 is 1.41 bits per heavy atom. The van der Waals surface area contributed by atoms with Crippen molar-refractivity contribution in [3.63, 3.8) is 0 Å². The molecule has 0 saturated carbocycles. The van der Waals surface area contributed by atoms with Gasteiger partial charge in [0, 0.05) is 25.2 Å². The van der Waals surface area contributed by atoms with E-state index in [2.05, 4.69) is 4.72 Å². The molecule has 0 aromatic heterocycles. The van der Waals surface area contributed by atoms with E-state index >= 15 is 0 Å². The molecule has 0 spiro atoms. The van der Waals surface area contributed by atoms with Gasteiger partial charge in [-0.15, -0.1) is 0 Å². The number of benzene rings is 1. The van der Waals surface area contributed by atoms with E-state index in [0.717, 1.165) is 0 Å². The molecule has 1 N–H and O–H groups in total. The summed E-state index contributed by atoms with van der Waals surface area (Å²) < 4.78 is 31.8. The molecule has 0 bridgehead atoms. The van der Waals surface area contributed by atoms with Crippen LogP contribution in [0.1, 0.15) is 17.3 Å². The third-order valence-electron chi connectivity index (χ3n) is 3.31. The van der Waals surface area contributed by atoms with Gasteiger partial charge in [0.2, 0.25) is 15.9 Å². The highest BCUT2D eigenvalue weighted by Crippen LogP contribution is 2.12. The summed E-state index contributed by atoms with van der Waals surface area (Å²) >= 11 is 0. The third kappa shape index (κ3) is 4.12. The average molecular weight is 326 g/mol. The minimum absolute atomic E-state index is 0.0351. The van der Waals surface area contributed by atoms with Gasteiger partial charge < -0.3 is 9.64 Å². The maximum absolute atomic E-state index is 12.2. The van der Waals surface area contributed by atoms with Crippen molar-refractivity contribution < 1.29 is 22.7 Å². The Morgan fingerprint density at radius 2 is 2.18 bits per heavy atom. The summed E-state index contributed by atoms with van der Waals surface area (Å²) in [5, 5.41) is 0. The van der Waals surface area contributed by atoms with Crippen molar-refractivity contribution in [2.75, 3.05) is 32.8 Å². The Morgan fingerprint density at radius 3 is 2.86 bits per heavy atom. The number of rotatable bonds is 6. The lowest BCUT2D eigenvalue weighted by Gasteiger charge is -2.26. The molecule has 1 aliphatic heterocycles. The van der Waals surface area contributed by atoms with Gasteiger partial charge >= 0.3 is 0 Å². The van der Waals surface area contributed by atoms with E-state index in [1.54, 1.807) is 11.0 Å². The standard InChI is InChI=1S/C14H18N2O5S/c1-11(17)12-3-2-4-13(9-12)22(19,20)15-5-6-16-7-8-21-10-14(16)18/h2-4,9,15H,5-8,10H2,1H3. The zero-order chi connectivity index (χ0) is 16.2. The summed E-state index contributed by atoms with van der Waals surface area (Å²) in [6.45, 7) is 2.72. The highest BCUT2D eigenvalue weighted by molar-refractivity contribution is 7.89. The summed E-state index contributed by atoms with van der Waals surface area (Å²) in [5.41, 5.74) is 0.339. The molecule has 0 unspecified atom stereocenters. The zero-order valence-corrected chi connectivity index (χ0v) is 13.1. The average Bonchev–Trinajstić information content (AvgIpc) is 2.49. The van der Waals surface area contributed by atoms with Crippen molar-refractivity contribution in [3.05, 3.63) is 29.8 Å². The summed E-state index contributed by atoms with van der Waals surface area (Å²) in [6.07, 6.45) is 0. The molecule has 1 aromatic carbocycles. The second-order valence-corrected chi connectivity index (χ2v) is 6.68. The maximum atomic E-state index is 12.2. The number of ketones is 1. The van der Waals surface area contributed by atoms with Crippen LogP contribution in [-0.2, 0) is 19.6 Å². The first-order valence-electron chi connectivity index (χ1n) is 6.86. The van der Waals surface area contributed by atoms with E-state index in [1.165, 1.54) is 25.1 Å². The molecule has 0 radical (unpaired) electrons. The Labute approximate surface area is 129 Å². The van der Waals surface area contributed by atoms with E-state index < -0.39 is 10.0 Å². The Kier molecular flexibility index (Phi) is 5.28. The number of Topliss-reactive ketones (excluding diaryl/α,β-unsaturated/α-hetero) is 1. The number of amides is 1. The van der Waals surface area contributed by atoms with Gasteiger partial charge in [-0.2, -0.15) is 0 Å². The van der Waals surface area contributed by atoms with Gasteiger partial charge in [-0.25, -0.2) is 13.1 Å². The molecular formula is C14H18N2O5S. The van der Waals surface area contributed by atoms with Crippen molar-refractivity contribution in [1.82, 2.24) is 9.62 Å². The Bertz CT molecular complexity index is 672. The number of sulfonamides is 1. The molecule has 1 aromatic rings. The molecule has 0 aliphatic carbocycles. The van der Waals surface area contributed by atoms with Crippen molar-refractivity contribution in [2.24, 2.45) is 0 Å². The van der Waals surface area contributed by atoms with Crippen molar-refractivity contribution in [3.8, 4) is 0 Å². The maximum Gasteiger partial charge on any atom is 0.248 e. The highest BCUT2D eigenvalue weighted by Gasteiger charge is 2.20. The van der Waals surface area contributed by atoms with Crippen LogP contribution in [0.15, 0.2) is 29.2 Å². The molecule has 1 heterocycles. The van der Waals surface area contributed by atoms with E-state index in [-0.39, 0.29) is 36.3 Å². The zero-order valence-electron chi connectivity index (χ0n) is 12.2. The van der Waals surface area contributed by atoms with Crippen LogP contribution in [0.3, 0.4) is 0 Å². The number of carbonyl (C=O) groups excluding carboxylic acids is 2. The quantitative estimate of drug-likeness (QED) is 0.744. The van der Waals surface area contributed by atoms with Gasteiger partial charge in [0.05, 0.1) is 11.5 Å². The number of morpholine rings is 1. The number of hydrogen-bond acceptors (Lipinski definition) is 5. The largest absolute Gasteiger partial charge is 0.370 e. The lowest BCUT2D eigenvalue weighted by atomic mass is 10.2. The Balaban J connectivity index is 1.97. The second kappa shape index (κ2) is 6.99. The van der Waals surface area contributed by atoms with E-state index in [4.69, 9.17) is 4.74 Å². The van der Waals surface area contributed by atoms with Crippen molar-refractivity contribution in [2.45, 2.75) is 11.8 Å². The van der Waals surface area contributed by atoms with Gasteiger partial charge in [-0.3, -0.25) is 9.59 Å². The predicted molar refractivity (Wildman–Crippen MR) is 79.0 cm³/mol. The van der Waals surface area contributed by atoms with E-state index in [0.29, 0.717) is 18.7 Å². The SMILES string of the molecule is CC(=O)c1cccc(S(=O)(=O)NCCN2CCOCC2=O)c1. The summed E-state index contributed by atoms with van der Waals surface area (Å²) in [7, 11) is -3.71. The fourth-order valence-corrected chi connectivity index (χ4v) is 3.13. The van der Waals surface area contributed by atoms with Crippen LogP contribution in [0, 0.1) is 0 Å². The van der Waals surface area contributed by atoms with Gasteiger partial charge in [-0.05, 0) is 19.1 Å². The van der Waals surface area contributed by atoms with Crippen LogP contribution in [-0.4, -0.2) is 57.9 Å². The van der Waals surface area contributed by atoms with Crippen molar-refractivity contribution in [1.29, 1.82) is 0 Å². The molecule has 2 rings (SSSR count). The monoisotopic (exact) mass is 326 g/mol. The summed E-state index contributed by atoms with van der Waals surface area (Å²) in [5.74, 6) is -0.347. The summed E-state index contributed by atoms with van der Waals surface area (Å²) in [4.78, 5) is 24.4. The fourth-order valence-electron chi connectivity index (χ4n) is 2.07. The van der Waals surface area contributed by atoms with Crippen LogP contribution in [0.25, 0.3) is 0 Å². The molecule has 120 valence electrons. The number of ether oxygens (including phenoxy) is 1. The van der Waals surface area contributed by atoms with Gasteiger partial charge in [0.25, 0.3) is 0 Å². The molecule has 1 amide bonds. The van der Waals surface area contributed by atoms with Crippen LogP contribution in [0.2, 0.25) is 0 Å². The lowest BCUT2D eigenvalue weighted by Crippen LogP contribution is -2.45. The predicted octanol–water partition coefficient (Wildman–Crippen LogP) is 0.0263. The van der Waals surface area contributed by atoms with E-state index in [1.807, 2.05) is 0 Å². The third-order valence-corrected chi connectivity index (χ3v) is 4.77. The first-order valence-corrected chi connectivity index (χ1v) is 8.34. The summed E-state index contributed by atoms with van der Waals surface area (Å²) in [6, 6.07) is 5.85. The van der Waals surface area contributed by atoms with Gasteiger partial charge in [0.1, 0.15) is 6.61 Å². The van der Waals surface area contributed by atoms with Crippen LogP contribution < -0.4 is 4.72 Å². The number of hydrogen-bond donors (Lipinski definition) is 1. The molecule has 1 aliphatic rings. The fraction of sp³-hybridized carbons (Fsp3) is 0.429. The second-order valence-electron chi connectivity index (χ2n) is 4.92. The van der Waals surface area contributed by atoms with Gasteiger partial charge in [-0.1, -0.05) is 12.1 Å². The molecule has 22 heavy (non-hydrogen) atoms. The number of carbonyl (C=O) groups is 2. The molecule has 1 fully saturated rings. The van der Waals surface area contributed by atoms with Gasteiger partial charge in [0.15, 0.2) is 5.78 Å². The first-order chi connectivity index (χ1) is 10.4. The first kappa shape index (κ1) is 16.6. The molecule has 7 nitrogen and oxygen atoms in total. The molecule has 0 atom stereocenters. The number of nitrogens with zero attached hydrogens (tertiary/aromatic N) is 1. The Hall–Kier alpha value is -1.77. The van der Waals surface area contributed by atoms with Crippen LogP contribution >= 0.6 is 0 Å².